The minimum atomic E-state index is -0.449. The second-order valence-corrected chi connectivity index (χ2v) is 3.54. The number of aromatic amines is 1. The summed E-state index contributed by atoms with van der Waals surface area (Å²) in [6.45, 7) is 5.63. The van der Waals surface area contributed by atoms with Crippen molar-refractivity contribution in [2.24, 2.45) is 0 Å². The summed E-state index contributed by atoms with van der Waals surface area (Å²) in [5.41, 5.74) is 2.02. The number of nitrogens with one attached hydrogen (secondary N) is 1. The first kappa shape index (κ1) is 13.3. The molecule has 5 heteroatoms. The van der Waals surface area contributed by atoms with E-state index in [9.17, 15) is 9.59 Å². The van der Waals surface area contributed by atoms with E-state index in [4.69, 9.17) is 9.47 Å². The summed E-state index contributed by atoms with van der Waals surface area (Å²) in [5.74, 6) is -0.888. The van der Waals surface area contributed by atoms with Crippen LogP contribution in [0.15, 0.2) is 0 Å². The molecule has 0 aliphatic carbocycles. The molecule has 0 saturated carbocycles. The van der Waals surface area contributed by atoms with Gasteiger partial charge in [-0.1, -0.05) is 6.92 Å². The van der Waals surface area contributed by atoms with E-state index in [0.717, 1.165) is 0 Å². The van der Waals surface area contributed by atoms with Gasteiger partial charge in [0.1, 0.15) is 5.69 Å². The Hall–Kier alpha value is -1.78. The number of carbonyl (C=O) groups is 2. The smallest absolute Gasteiger partial charge is 0.355 e. The molecule has 0 amide bonds. The van der Waals surface area contributed by atoms with E-state index in [1.165, 1.54) is 7.11 Å². The minimum absolute atomic E-state index is 0.298. The predicted octanol–water partition coefficient (Wildman–Crippen LogP) is 1.85. The summed E-state index contributed by atoms with van der Waals surface area (Å²) in [4.78, 5) is 26.2. The molecule has 0 aliphatic heterocycles. The van der Waals surface area contributed by atoms with Crippen molar-refractivity contribution in [3.63, 3.8) is 0 Å². The van der Waals surface area contributed by atoms with Gasteiger partial charge in [0.2, 0.25) is 0 Å². The number of hydrogen-bond acceptors (Lipinski definition) is 4. The summed E-state index contributed by atoms with van der Waals surface area (Å²) >= 11 is 0. The number of rotatable bonds is 4. The van der Waals surface area contributed by atoms with Crippen LogP contribution < -0.4 is 0 Å². The number of ether oxygens (including phenoxy) is 2. The lowest BCUT2D eigenvalue weighted by Crippen LogP contribution is -2.08. The number of esters is 2. The van der Waals surface area contributed by atoms with Gasteiger partial charge in [0.15, 0.2) is 0 Å². The molecule has 0 spiro atoms. The Morgan fingerprint density at radius 2 is 1.88 bits per heavy atom. The van der Waals surface area contributed by atoms with Crippen molar-refractivity contribution in [3.05, 3.63) is 22.5 Å². The van der Waals surface area contributed by atoms with Crippen molar-refractivity contribution < 1.29 is 19.1 Å². The second-order valence-electron chi connectivity index (χ2n) is 3.54. The van der Waals surface area contributed by atoms with Crippen LogP contribution in [0.1, 0.15) is 46.0 Å². The molecule has 1 heterocycles. The number of hydrogen-bond donors (Lipinski definition) is 1. The molecule has 0 bridgehead atoms. The number of H-pyrrole nitrogens is 1. The summed E-state index contributed by atoms with van der Waals surface area (Å²) in [6.07, 6.45) is 0.616. The third-order valence-corrected chi connectivity index (χ3v) is 2.55. The van der Waals surface area contributed by atoms with Crippen molar-refractivity contribution in [1.29, 1.82) is 0 Å². The Bertz CT molecular complexity index is 434. The molecule has 17 heavy (non-hydrogen) atoms. The summed E-state index contributed by atoms with van der Waals surface area (Å²) < 4.78 is 9.61. The highest BCUT2D eigenvalue weighted by atomic mass is 16.5. The highest BCUT2D eigenvalue weighted by molar-refractivity contribution is 5.98. The van der Waals surface area contributed by atoms with Gasteiger partial charge in [-0.25, -0.2) is 9.59 Å². The number of aromatic nitrogens is 1. The van der Waals surface area contributed by atoms with E-state index in [2.05, 4.69) is 4.98 Å². The maximum absolute atomic E-state index is 11.7. The average Bonchev–Trinajstić information content (AvgIpc) is 2.65. The highest BCUT2D eigenvalue weighted by Gasteiger charge is 2.24. The van der Waals surface area contributed by atoms with Crippen molar-refractivity contribution in [2.75, 3.05) is 13.7 Å². The first-order chi connectivity index (χ1) is 8.06. The van der Waals surface area contributed by atoms with Crippen LogP contribution in [0.2, 0.25) is 0 Å². The molecule has 1 rings (SSSR count). The first-order valence-corrected chi connectivity index (χ1v) is 5.53. The molecule has 0 aliphatic rings. The fraction of sp³-hybridized carbons (Fsp3) is 0.500. The van der Waals surface area contributed by atoms with E-state index in [0.29, 0.717) is 35.5 Å². The Morgan fingerprint density at radius 1 is 1.24 bits per heavy atom. The third kappa shape index (κ3) is 2.49. The van der Waals surface area contributed by atoms with Crippen LogP contribution >= 0.6 is 0 Å². The quantitative estimate of drug-likeness (QED) is 0.814. The molecule has 0 radical (unpaired) electrons. The Kier molecular flexibility index (Phi) is 4.31. The van der Waals surface area contributed by atoms with E-state index in [1.54, 1.807) is 13.8 Å². The summed E-state index contributed by atoms with van der Waals surface area (Å²) in [5, 5.41) is 0. The van der Waals surface area contributed by atoms with E-state index in [1.807, 2.05) is 6.92 Å². The topological polar surface area (TPSA) is 68.4 Å². The van der Waals surface area contributed by atoms with E-state index >= 15 is 0 Å². The summed E-state index contributed by atoms with van der Waals surface area (Å²) in [6, 6.07) is 0. The monoisotopic (exact) mass is 239 g/mol. The van der Waals surface area contributed by atoms with Gasteiger partial charge in [-0.15, -0.1) is 0 Å². The standard InChI is InChI=1S/C12H17NO4/c1-5-8-9(11(14)16-4)7(3)10(13-8)12(15)17-6-2/h13H,5-6H2,1-4H3. The fourth-order valence-electron chi connectivity index (χ4n) is 1.71. The third-order valence-electron chi connectivity index (χ3n) is 2.55. The zero-order chi connectivity index (χ0) is 13.0. The van der Waals surface area contributed by atoms with Gasteiger partial charge in [0, 0.05) is 5.69 Å². The second kappa shape index (κ2) is 5.52. The van der Waals surface area contributed by atoms with Crippen LogP contribution in [0, 0.1) is 6.92 Å². The normalized spacial score (nSPS) is 10.1. The Labute approximate surface area is 100 Å². The van der Waals surface area contributed by atoms with Crippen molar-refractivity contribution >= 4 is 11.9 Å². The van der Waals surface area contributed by atoms with Gasteiger partial charge >= 0.3 is 11.9 Å². The molecular weight excluding hydrogens is 222 g/mol. The van der Waals surface area contributed by atoms with Gasteiger partial charge < -0.3 is 14.5 Å². The van der Waals surface area contributed by atoms with E-state index < -0.39 is 11.9 Å². The van der Waals surface area contributed by atoms with Crippen molar-refractivity contribution in [1.82, 2.24) is 4.98 Å². The van der Waals surface area contributed by atoms with Crippen molar-refractivity contribution in [2.45, 2.75) is 27.2 Å². The molecule has 1 N–H and O–H groups in total. The largest absolute Gasteiger partial charge is 0.465 e. The lowest BCUT2D eigenvalue weighted by atomic mass is 10.1. The van der Waals surface area contributed by atoms with Crippen LogP contribution in [-0.4, -0.2) is 30.6 Å². The molecule has 5 nitrogen and oxygen atoms in total. The SMILES string of the molecule is CCOC(=O)c1[nH]c(CC)c(C(=O)OC)c1C. The molecule has 1 aromatic rings. The Morgan fingerprint density at radius 3 is 2.35 bits per heavy atom. The van der Waals surface area contributed by atoms with Crippen LogP contribution in [0.5, 0.6) is 0 Å². The molecule has 0 saturated heterocycles. The first-order valence-electron chi connectivity index (χ1n) is 5.53. The maximum atomic E-state index is 11.7. The zero-order valence-corrected chi connectivity index (χ0v) is 10.5. The van der Waals surface area contributed by atoms with Gasteiger partial charge in [-0.2, -0.15) is 0 Å². The van der Waals surface area contributed by atoms with Crippen LogP contribution in [0.3, 0.4) is 0 Å². The van der Waals surface area contributed by atoms with Crippen LogP contribution in [-0.2, 0) is 15.9 Å². The lowest BCUT2D eigenvalue weighted by Gasteiger charge is -2.01. The van der Waals surface area contributed by atoms with Gasteiger partial charge in [0.05, 0.1) is 19.3 Å². The molecule has 0 aromatic carbocycles. The molecule has 0 atom stereocenters. The zero-order valence-electron chi connectivity index (χ0n) is 10.5. The van der Waals surface area contributed by atoms with Gasteiger partial charge in [0.25, 0.3) is 0 Å². The number of carbonyl (C=O) groups excluding carboxylic acids is 2. The number of aryl methyl sites for hydroxylation is 1. The van der Waals surface area contributed by atoms with Gasteiger partial charge in [-0.05, 0) is 25.8 Å². The lowest BCUT2D eigenvalue weighted by molar-refractivity contribution is 0.0519. The fourth-order valence-corrected chi connectivity index (χ4v) is 1.71. The number of methoxy groups -OCH3 is 1. The van der Waals surface area contributed by atoms with Gasteiger partial charge in [-0.3, -0.25) is 0 Å². The van der Waals surface area contributed by atoms with Crippen LogP contribution in [0.25, 0.3) is 0 Å². The molecule has 0 fully saturated rings. The maximum Gasteiger partial charge on any atom is 0.355 e. The minimum Gasteiger partial charge on any atom is -0.465 e. The molecule has 0 unspecified atom stereocenters. The average molecular weight is 239 g/mol. The molecule has 1 aromatic heterocycles. The molecular formula is C12H17NO4. The predicted molar refractivity (Wildman–Crippen MR) is 62.2 cm³/mol. The highest BCUT2D eigenvalue weighted by Crippen LogP contribution is 2.20. The summed E-state index contributed by atoms with van der Waals surface area (Å²) in [7, 11) is 1.32. The molecule has 94 valence electrons. The van der Waals surface area contributed by atoms with Crippen LogP contribution in [0.4, 0.5) is 0 Å². The van der Waals surface area contributed by atoms with Crippen molar-refractivity contribution in [3.8, 4) is 0 Å². The Balaban J connectivity index is 3.23. The van der Waals surface area contributed by atoms with E-state index in [-0.39, 0.29) is 0 Å².